The molecule has 40 heavy (non-hydrogen) atoms. The average Bonchev–Trinajstić information content (AvgIpc) is 2.95. The molecule has 0 radical (unpaired) electrons. The summed E-state index contributed by atoms with van der Waals surface area (Å²) >= 11 is 0. The maximum absolute atomic E-state index is 6.28. The lowest BCUT2D eigenvalue weighted by Crippen LogP contribution is -2.40. The second-order valence-corrected chi connectivity index (χ2v) is 11.2. The van der Waals surface area contributed by atoms with Gasteiger partial charge in [-0.3, -0.25) is 0 Å². The third-order valence-corrected chi connectivity index (χ3v) is 7.14. The van der Waals surface area contributed by atoms with E-state index in [2.05, 4.69) is 41.5 Å². The van der Waals surface area contributed by atoms with Gasteiger partial charge in [0.05, 0.1) is 39.6 Å². The minimum Gasteiger partial charge on any atom is -0.327 e. The van der Waals surface area contributed by atoms with Crippen molar-refractivity contribution in [2.45, 2.75) is 182 Å². The molecular formula is C34H70O6. The maximum Gasteiger partial charge on any atom is 0.282 e. The first-order valence-electron chi connectivity index (χ1n) is 17.4. The van der Waals surface area contributed by atoms with Crippen molar-refractivity contribution in [2.24, 2.45) is 0 Å². The summed E-state index contributed by atoms with van der Waals surface area (Å²) in [5.74, 6) is -1.75. The van der Waals surface area contributed by atoms with E-state index < -0.39 is 11.9 Å². The lowest BCUT2D eigenvalue weighted by Gasteiger charge is -2.34. The summed E-state index contributed by atoms with van der Waals surface area (Å²) in [5, 5.41) is 0. The van der Waals surface area contributed by atoms with E-state index >= 15 is 0 Å². The fraction of sp³-hybridized carbons (Fsp3) is 1.00. The zero-order valence-electron chi connectivity index (χ0n) is 27.8. The summed E-state index contributed by atoms with van der Waals surface area (Å²) in [4.78, 5) is 0. The molecule has 0 aliphatic heterocycles. The highest BCUT2D eigenvalue weighted by Crippen LogP contribution is 2.28. The molecule has 0 rings (SSSR count). The van der Waals surface area contributed by atoms with Gasteiger partial charge in [-0.1, -0.05) is 106 Å². The van der Waals surface area contributed by atoms with Crippen molar-refractivity contribution in [1.29, 1.82) is 0 Å². The fourth-order valence-corrected chi connectivity index (χ4v) is 4.31. The summed E-state index contributed by atoms with van der Waals surface area (Å²) < 4.78 is 37.7. The zero-order valence-corrected chi connectivity index (χ0v) is 27.8. The Labute approximate surface area is 249 Å². The highest BCUT2D eigenvalue weighted by molar-refractivity contribution is 4.63. The molecule has 6 nitrogen and oxygen atoms in total. The van der Waals surface area contributed by atoms with Crippen molar-refractivity contribution in [2.75, 3.05) is 39.6 Å². The van der Waals surface area contributed by atoms with Crippen LogP contribution in [0.25, 0.3) is 0 Å². The number of unbranched alkanes of at least 4 members (excludes halogenated alkanes) is 11. The molecule has 0 saturated carbocycles. The highest BCUT2D eigenvalue weighted by atomic mass is 16.9. The first-order valence-corrected chi connectivity index (χ1v) is 17.4. The van der Waals surface area contributed by atoms with Crippen molar-refractivity contribution in [1.82, 2.24) is 0 Å². The number of ether oxygens (including phenoxy) is 6. The van der Waals surface area contributed by atoms with Gasteiger partial charge in [0, 0.05) is 12.8 Å². The molecule has 0 aromatic carbocycles. The molecular weight excluding hydrogens is 504 g/mol. The molecule has 0 aromatic rings. The molecule has 0 saturated heterocycles. The van der Waals surface area contributed by atoms with E-state index in [4.69, 9.17) is 28.4 Å². The van der Waals surface area contributed by atoms with Gasteiger partial charge in [0.1, 0.15) is 0 Å². The summed E-state index contributed by atoms with van der Waals surface area (Å²) in [7, 11) is 0. The number of rotatable bonds is 33. The molecule has 0 aliphatic rings. The van der Waals surface area contributed by atoms with E-state index in [9.17, 15) is 0 Å². The summed E-state index contributed by atoms with van der Waals surface area (Å²) in [6.45, 7) is 17.3. The summed E-state index contributed by atoms with van der Waals surface area (Å²) in [6, 6.07) is 0. The minimum atomic E-state index is -0.874. The Hall–Kier alpha value is -0.240. The molecule has 0 aromatic heterocycles. The first kappa shape index (κ1) is 39.8. The van der Waals surface area contributed by atoms with Crippen LogP contribution in [0, 0.1) is 0 Å². The van der Waals surface area contributed by atoms with Gasteiger partial charge in [0.15, 0.2) is 0 Å². The highest BCUT2D eigenvalue weighted by Gasteiger charge is 2.34. The lowest BCUT2D eigenvalue weighted by molar-refractivity contribution is -0.385. The van der Waals surface area contributed by atoms with Crippen LogP contribution in [0.1, 0.15) is 170 Å². The molecule has 0 N–H and O–H groups in total. The van der Waals surface area contributed by atoms with Crippen LogP contribution in [0.4, 0.5) is 0 Å². The Kier molecular flexibility index (Phi) is 28.7. The monoisotopic (exact) mass is 575 g/mol. The first-order chi connectivity index (χ1) is 19.6. The molecule has 0 atom stereocenters. The van der Waals surface area contributed by atoms with Crippen molar-refractivity contribution in [3.63, 3.8) is 0 Å². The van der Waals surface area contributed by atoms with E-state index in [-0.39, 0.29) is 0 Å². The van der Waals surface area contributed by atoms with Crippen LogP contribution >= 0.6 is 0 Å². The number of hydrogen-bond donors (Lipinski definition) is 0. The van der Waals surface area contributed by atoms with Crippen LogP contribution in [0.5, 0.6) is 0 Å². The Morgan fingerprint density at radius 1 is 0.275 bits per heavy atom. The van der Waals surface area contributed by atoms with Gasteiger partial charge in [-0.2, -0.15) is 0 Å². The maximum atomic E-state index is 6.28. The van der Waals surface area contributed by atoms with Gasteiger partial charge in [-0.05, 0) is 51.4 Å². The quantitative estimate of drug-likeness (QED) is 0.0574. The third kappa shape index (κ3) is 21.5. The van der Waals surface area contributed by atoms with Gasteiger partial charge in [-0.15, -0.1) is 0 Å². The van der Waals surface area contributed by atoms with Gasteiger partial charge in [0.2, 0.25) is 0 Å². The van der Waals surface area contributed by atoms with Crippen LogP contribution in [0.3, 0.4) is 0 Å². The third-order valence-electron chi connectivity index (χ3n) is 7.14. The topological polar surface area (TPSA) is 55.4 Å². The summed E-state index contributed by atoms with van der Waals surface area (Å²) in [5.41, 5.74) is 0. The Balaban J connectivity index is 4.77. The molecule has 0 amide bonds. The van der Waals surface area contributed by atoms with Crippen LogP contribution < -0.4 is 0 Å². The van der Waals surface area contributed by atoms with E-state index in [0.29, 0.717) is 39.6 Å². The van der Waals surface area contributed by atoms with Crippen LogP contribution in [0.15, 0.2) is 0 Å². The van der Waals surface area contributed by atoms with Gasteiger partial charge in [0.25, 0.3) is 11.9 Å². The van der Waals surface area contributed by atoms with Gasteiger partial charge < -0.3 is 28.4 Å². The van der Waals surface area contributed by atoms with E-state index in [0.717, 1.165) is 116 Å². The molecule has 0 fully saturated rings. The van der Waals surface area contributed by atoms with E-state index in [1.807, 2.05) is 0 Å². The van der Waals surface area contributed by atoms with Gasteiger partial charge in [-0.25, -0.2) is 0 Å². The predicted molar refractivity (Wildman–Crippen MR) is 168 cm³/mol. The molecule has 0 unspecified atom stereocenters. The second kappa shape index (κ2) is 28.9. The standard InChI is InChI=1S/C34H70O6/c1-7-13-27-35-33(36-28-14-8-2,37-29-15-9-3)25-23-21-19-20-22-24-26-34(38-30-16-10-4,39-31-17-11-5)40-32-18-12-6/h7-32H2,1-6H3. The van der Waals surface area contributed by atoms with E-state index in [1.54, 1.807) is 0 Å². The Bertz CT molecular complexity index is 404. The largest absolute Gasteiger partial charge is 0.327 e. The normalized spacial score (nSPS) is 12.4. The SMILES string of the molecule is CCCCOC(CCCCCCCCC(OCCCC)(OCCCC)OCCCC)(OCCCC)OCCCC. The Morgan fingerprint density at radius 3 is 0.675 bits per heavy atom. The fourth-order valence-electron chi connectivity index (χ4n) is 4.31. The van der Waals surface area contributed by atoms with E-state index in [1.165, 1.54) is 12.8 Å². The smallest absolute Gasteiger partial charge is 0.282 e. The second-order valence-electron chi connectivity index (χ2n) is 11.2. The average molecular weight is 575 g/mol. The van der Waals surface area contributed by atoms with Crippen molar-refractivity contribution < 1.29 is 28.4 Å². The minimum absolute atomic E-state index is 0.692. The van der Waals surface area contributed by atoms with Crippen molar-refractivity contribution in [3.05, 3.63) is 0 Å². The van der Waals surface area contributed by atoms with Crippen LogP contribution in [-0.4, -0.2) is 51.6 Å². The van der Waals surface area contributed by atoms with Gasteiger partial charge >= 0.3 is 0 Å². The lowest BCUT2D eigenvalue weighted by atomic mass is 10.1. The zero-order chi connectivity index (χ0) is 29.6. The number of hydrogen-bond acceptors (Lipinski definition) is 6. The molecule has 242 valence electrons. The molecule has 6 heteroatoms. The Morgan fingerprint density at radius 2 is 0.475 bits per heavy atom. The van der Waals surface area contributed by atoms with Crippen molar-refractivity contribution in [3.8, 4) is 0 Å². The predicted octanol–water partition coefficient (Wildman–Crippen LogP) is 10.3. The molecule has 0 heterocycles. The van der Waals surface area contributed by atoms with Crippen molar-refractivity contribution >= 4 is 0 Å². The molecule has 0 bridgehead atoms. The molecule has 0 aliphatic carbocycles. The molecule has 0 spiro atoms. The summed E-state index contributed by atoms with van der Waals surface area (Å²) in [6.07, 6.45) is 21.3. The van der Waals surface area contributed by atoms with Crippen LogP contribution in [-0.2, 0) is 28.4 Å². The van der Waals surface area contributed by atoms with Crippen LogP contribution in [0.2, 0.25) is 0 Å².